The monoisotopic (exact) mass is 274 g/mol. The number of hydrogen-bond donors (Lipinski definition) is 1. The number of aryl methyl sites for hydroxylation is 1. The molecule has 1 aromatic heterocycles. The van der Waals surface area contributed by atoms with E-state index in [1.165, 1.54) is 12.0 Å². The van der Waals surface area contributed by atoms with E-state index in [9.17, 15) is 4.79 Å². The molecule has 0 bridgehead atoms. The maximum atomic E-state index is 12.6. The summed E-state index contributed by atoms with van der Waals surface area (Å²) < 4.78 is 0. The first kappa shape index (κ1) is 15.2. The fourth-order valence-electron chi connectivity index (χ4n) is 2.86. The minimum atomic E-state index is -0.265. The van der Waals surface area contributed by atoms with Crippen LogP contribution in [0.5, 0.6) is 0 Å². The van der Waals surface area contributed by atoms with Crippen LogP contribution in [0.2, 0.25) is 0 Å². The van der Waals surface area contributed by atoms with Gasteiger partial charge in [-0.2, -0.15) is 0 Å². The molecule has 110 valence electrons. The number of carbonyl (C=O) groups excluding carboxylic acids is 1. The molecular weight excluding hydrogens is 248 g/mol. The van der Waals surface area contributed by atoms with Gasteiger partial charge < -0.3 is 5.32 Å². The van der Waals surface area contributed by atoms with Crippen LogP contribution in [0.4, 0.5) is 0 Å². The Labute approximate surface area is 122 Å². The second-order valence-electron chi connectivity index (χ2n) is 6.38. The number of rotatable bonds is 5. The summed E-state index contributed by atoms with van der Waals surface area (Å²) in [7, 11) is 0. The highest BCUT2D eigenvalue weighted by Gasteiger charge is 2.36. The van der Waals surface area contributed by atoms with Gasteiger partial charge in [0.1, 0.15) is 5.78 Å². The van der Waals surface area contributed by atoms with Gasteiger partial charge in [0.25, 0.3) is 0 Å². The van der Waals surface area contributed by atoms with E-state index >= 15 is 0 Å². The van der Waals surface area contributed by atoms with E-state index in [1.807, 2.05) is 12.3 Å². The van der Waals surface area contributed by atoms with E-state index < -0.39 is 0 Å². The molecule has 0 aromatic carbocycles. The highest BCUT2D eigenvalue weighted by Crippen LogP contribution is 2.33. The quantitative estimate of drug-likeness (QED) is 0.897. The van der Waals surface area contributed by atoms with Gasteiger partial charge >= 0.3 is 0 Å². The van der Waals surface area contributed by atoms with Crippen LogP contribution in [-0.4, -0.2) is 23.9 Å². The summed E-state index contributed by atoms with van der Waals surface area (Å²) in [6, 6.07) is 4.07. The molecule has 2 rings (SSSR count). The molecule has 1 aliphatic heterocycles. The Morgan fingerprint density at radius 3 is 2.80 bits per heavy atom. The Kier molecular flexibility index (Phi) is 4.92. The normalized spacial score (nSPS) is 19.9. The lowest BCUT2D eigenvalue weighted by atomic mass is 9.71. The maximum Gasteiger partial charge on any atom is 0.144 e. The van der Waals surface area contributed by atoms with Crippen molar-refractivity contribution < 1.29 is 4.79 Å². The van der Waals surface area contributed by atoms with Crippen molar-refractivity contribution >= 4 is 5.78 Å². The molecule has 2 heterocycles. The lowest BCUT2D eigenvalue weighted by Gasteiger charge is -2.36. The smallest absolute Gasteiger partial charge is 0.144 e. The molecule has 1 fully saturated rings. The van der Waals surface area contributed by atoms with Gasteiger partial charge in [-0.3, -0.25) is 9.78 Å². The number of nitrogens with zero attached hydrogens (tertiary/aromatic N) is 1. The average Bonchev–Trinajstić information content (AvgIpc) is 2.49. The Hall–Kier alpha value is -1.22. The average molecular weight is 274 g/mol. The van der Waals surface area contributed by atoms with Gasteiger partial charge in [0.15, 0.2) is 0 Å². The fourth-order valence-corrected chi connectivity index (χ4v) is 2.86. The van der Waals surface area contributed by atoms with E-state index in [-0.39, 0.29) is 5.41 Å². The summed E-state index contributed by atoms with van der Waals surface area (Å²) in [6.45, 7) is 8.34. The number of hydrogen-bond acceptors (Lipinski definition) is 3. The van der Waals surface area contributed by atoms with Gasteiger partial charge in [0.2, 0.25) is 0 Å². The van der Waals surface area contributed by atoms with Crippen molar-refractivity contribution in [1.29, 1.82) is 0 Å². The molecule has 1 unspecified atom stereocenters. The van der Waals surface area contributed by atoms with Gasteiger partial charge in [-0.1, -0.05) is 26.8 Å². The summed E-state index contributed by atoms with van der Waals surface area (Å²) >= 11 is 0. The summed E-state index contributed by atoms with van der Waals surface area (Å²) in [6.07, 6.45) is 5.64. The Morgan fingerprint density at radius 2 is 2.25 bits per heavy atom. The molecule has 0 aliphatic carbocycles. The third-order valence-corrected chi connectivity index (χ3v) is 4.67. The molecule has 20 heavy (non-hydrogen) atoms. The standard InChI is InChI=1S/C17H26N2O/c1-4-13-7-8-15(19-11-13)10-16(20)17(2,3)14-6-5-9-18-12-14/h7-8,11,14,18H,4-6,9-10,12H2,1-3H3. The van der Waals surface area contributed by atoms with Crippen molar-refractivity contribution in [3.63, 3.8) is 0 Å². The second kappa shape index (κ2) is 6.49. The Morgan fingerprint density at radius 1 is 1.45 bits per heavy atom. The number of aromatic nitrogens is 1. The predicted octanol–water partition coefficient (Wildman–Crippen LogP) is 2.78. The van der Waals surface area contributed by atoms with E-state index in [4.69, 9.17) is 0 Å². The molecule has 3 heteroatoms. The number of pyridine rings is 1. The zero-order valence-electron chi connectivity index (χ0n) is 12.9. The molecular formula is C17H26N2O. The van der Waals surface area contributed by atoms with Gasteiger partial charge in [-0.25, -0.2) is 0 Å². The lowest BCUT2D eigenvalue weighted by molar-refractivity contribution is -0.129. The number of carbonyl (C=O) groups is 1. The summed E-state index contributed by atoms with van der Waals surface area (Å²) in [5.74, 6) is 0.751. The maximum absolute atomic E-state index is 12.6. The predicted molar refractivity (Wildman–Crippen MR) is 81.7 cm³/mol. The first-order valence-corrected chi connectivity index (χ1v) is 7.72. The van der Waals surface area contributed by atoms with Gasteiger partial charge in [-0.05, 0) is 49.9 Å². The topological polar surface area (TPSA) is 42.0 Å². The largest absolute Gasteiger partial charge is 0.316 e. The van der Waals surface area contributed by atoms with Crippen molar-refractivity contribution in [2.75, 3.05) is 13.1 Å². The van der Waals surface area contributed by atoms with E-state index in [0.29, 0.717) is 18.1 Å². The zero-order chi connectivity index (χ0) is 14.6. The molecule has 3 nitrogen and oxygen atoms in total. The van der Waals surface area contributed by atoms with Crippen LogP contribution in [0, 0.1) is 11.3 Å². The van der Waals surface area contributed by atoms with Crippen molar-refractivity contribution in [1.82, 2.24) is 10.3 Å². The number of ketones is 1. The van der Waals surface area contributed by atoms with E-state index in [0.717, 1.165) is 31.6 Å². The molecule has 1 saturated heterocycles. The summed E-state index contributed by atoms with van der Waals surface area (Å²) in [5, 5.41) is 3.41. The Balaban J connectivity index is 2.01. The number of nitrogens with one attached hydrogen (secondary N) is 1. The van der Waals surface area contributed by atoms with E-state index in [1.54, 1.807) is 0 Å². The van der Waals surface area contributed by atoms with Crippen LogP contribution in [0.3, 0.4) is 0 Å². The van der Waals surface area contributed by atoms with Crippen molar-refractivity contribution in [3.8, 4) is 0 Å². The number of piperidine rings is 1. The van der Waals surface area contributed by atoms with Gasteiger partial charge in [0.05, 0.1) is 0 Å². The van der Waals surface area contributed by atoms with Gasteiger partial charge in [-0.15, -0.1) is 0 Å². The molecule has 0 saturated carbocycles. The molecule has 1 aliphatic rings. The van der Waals surface area contributed by atoms with Crippen molar-refractivity contribution in [2.45, 2.75) is 46.5 Å². The summed E-state index contributed by atoms with van der Waals surface area (Å²) in [4.78, 5) is 17.0. The minimum absolute atomic E-state index is 0.265. The van der Waals surface area contributed by atoms with Crippen LogP contribution in [-0.2, 0) is 17.6 Å². The van der Waals surface area contributed by atoms with Crippen molar-refractivity contribution in [3.05, 3.63) is 29.6 Å². The zero-order valence-corrected chi connectivity index (χ0v) is 12.9. The molecule has 0 radical (unpaired) electrons. The van der Waals surface area contributed by atoms with Crippen molar-refractivity contribution in [2.24, 2.45) is 11.3 Å². The minimum Gasteiger partial charge on any atom is -0.316 e. The van der Waals surface area contributed by atoms with Crippen LogP contribution < -0.4 is 5.32 Å². The van der Waals surface area contributed by atoms with E-state index in [2.05, 4.69) is 37.1 Å². The highest BCUT2D eigenvalue weighted by molar-refractivity contribution is 5.86. The SMILES string of the molecule is CCc1ccc(CC(=O)C(C)(C)C2CCCNC2)nc1. The molecule has 1 N–H and O–H groups in total. The van der Waals surface area contributed by atoms with Crippen LogP contribution >= 0.6 is 0 Å². The lowest BCUT2D eigenvalue weighted by Crippen LogP contribution is -2.43. The second-order valence-corrected chi connectivity index (χ2v) is 6.38. The highest BCUT2D eigenvalue weighted by atomic mass is 16.1. The van der Waals surface area contributed by atoms with Gasteiger partial charge in [0, 0.05) is 23.7 Å². The molecule has 1 atom stereocenters. The van der Waals surface area contributed by atoms with Crippen LogP contribution in [0.1, 0.15) is 44.9 Å². The first-order valence-electron chi connectivity index (χ1n) is 7.72. The number of Topliss-reactive ketones (excluding diaryl/α,β-unsaturated/α-hetero) is 1. The molecule has 1 aromatic rings. The Bertz CT molecular complexity index is 445. The summed E-state index contributed by atoms with van der Waals surface area (Å²) in [5.41, 5.74) is 1.85. The third kappa shape index (κ3) is 3.45. The fraction of sp³-hybridized carbons (Fsp3) is 0.647. The molecule has 0 spiro atoms. The van der Waals surface area contributed by atoms with Crippen LogP contribution in [0.25, 0.3) is 0 Å². The van der Waals surface area contributed by atoms with Crippen LogP contribution in [0.15, 0.2) is 18.3 Å². The third-order valence-electron chi connectivity index (χ3n) is 4.67. The molecule has 0 amide bonds. The first-order chi connectivity index (χ1) is 9.54.